The van der Waals surface area contributed by atoms with E-state index in [4.69, 9.17) is 9.47 Å². The summed E-state index contributed by atoms with van der Waals surface area (Å²) < 4.78 is 24.2. The van der Waals surface area contributed by atoms with E-state index >= 15 is 0 Å². The molecule has 0 spiro atoms. The molecule has 2 aromatic carbocycles. The Labute approximate surface area is 181 Å². The molecule has 1 aliphatic carbocycles. The Balaban J connectivity index is 1.54. The molecule has 30 heavy (non-hydrogen) atoms. The van der Waals surface area contributed by atoms with Crippen molar-refractivity contribution in [1.82, 2.24) is 10.6 Å². The van der Waals surface area contributed by atoms with Crippen LogP contribution in [0.1, 0.15) is 31.2 Å². The van der Waals surface area contributed by atoms with Crippen molar-refractivity contribution in [2.75, 3.05) is 26.5 Å². The lowest BCUT2D eigenvalue weighted by Gasteiger charge is -2.20. The summed E-state index contributed by atoms with van der Waals surface area (Å²) in [6.45, 7) is 1.12. The number of nitrogens with zero attached hydrogens (tertiary/aromatic N) is 1. The normalized spacial score (nSPS) is 15.6. The van der Waals surface area contributed by atoms with Crippen LogP contribution in [-0.2, 0) is 17.3 Å². The quantitative estimate of drug-likeness (QED) is 0.472. The van der Waals surface area contributed by atoms with Gasteiger partial charge in [-0.1, -0.05) is 30.3 Å². The second-order valence-corrected chi connectivity index (χ2v) is 8.76. The predicted octanol–water partition coefficient (Wildman–Crippen LogP) is 3.49. The molecule has 0 aliphatic heterocycles. The largest absolute Gasteiger partial charge is 0.493 e. The first-order valence-electron chi connectivity index (χ1n) is 10.4. The SMILES string of the molecule is CN=C(NCCS(=O)c1ccccc1)NCc1cccc(OC)c1OC1CCCC1. The van der Waals surface area contributed by atoms with Crippen LogP contribution in [0.5, 0.6) is 11.5 Å². The maximum absolute atomic E-state index is 12.4. The van der Waals surface area contributed by atoms with E-state index in [1.807, 2.05) is 48.5 Å². The van der Waals surface area contributed by atoms with Gasteiger partial charge in [0.2, 0.25) is 0 Å². The number of para-hydroxylation sites is 1. The molecule has 162 valence electrons. The van der Waals surface area contributed by atoms with Crippen molar-refractivity contribution in [2.45, 2.75) is 43.2 Å². The fourth-order valence-electron chi connectivity index (χ4n) is 3.52. The van der Waals surface area contributed by atoms with E-state index in [0.717, 1.165) is 34.8 Å². The highest BCUT2D eigenvalue weighted by Crippen LogP contribution is 2.34. The third-order valence-electron chi connectivity index (χ3n) is 5.12. The van der Waals surface area contributed by atoms with Crippen molar-refractivity contribution in [1.29, 1.82) is 0 Å². The molecule has 3 rings (SSSR count). The van der Waals surface area contributed by atoms with Crippen LogP contribution in [0.15, 0.2) is 58.4 Å². The summed E-state index contributed by atoms with van der Waals surface area (Å²) in [6, 6.07) is 15.4. The molecule has 0 aromatic heterocycles. The molecular formula is C23H31N3O3S. The van der Waals surface area contributed by atoms with Crippen LogP contribution in [0, 0.1) is 0 Å². The molecule has 0 bridgehead atoms. The number of hydrogen-bond donors (Lipinski definition) is 2. The highest BCUT2D eigenvalue weighted by atomic mass is 32.2. The average Bonchev–Trinajstić information content (AvgIpc) is 3.30. The van der Waals surface area contributed by atoms with Crippen LogP contribution >= 0.6 is 0 Å². The number of rotatable bonds is 9. The average molecular weight is 430 g/mol. The number of methoxy groups -OCH3 is 1. The summed E-state index contributed by atoms with van der Waals surface area (Å²) in [5, 5.41) is 6.56. The summed E-state index contributed by atoms with van der Waals surface area (Å²) in [4.78, 5) is 5.11. The zero-order valence-corrected chi connectivity index (χ0v) is 18.5. The van der Waals surface area contributed by atoms with Crippen molar-refractivity contribution in [3.63, 3.8) is 0 Å². The first-order chi connectivity index (χ1) is 14.7. The minimum Gasteiger partial charge on any atom is -0.493 e. The number of ether oxygens (including phenoxy) is 2. The minimum absolute atomic E-state index is 0.255. The van der Waals surface area contributed by atoms with Gasteiger partial charge < -0.3 is 20.1 Å². The fraction of sp³-hybridized carbons (Fsp3) is 0.435. The summed E-state index contributed by atoms with van der Waals surface area (Å²) in [6.07, 6.45) is 4.87. The Morgan fingerprint density at radius 2 is 1.87 bits per heavy atom. The van der Waals surface area contributed by atoms with Crippen molar-refractivity contribution < 1.29 is 13.7 Å². The van der Waals surface area contributed by atoms with E-state index in [1.54, 1.807) is 14.2 Å². The molecule has 1 saturated carbocycles. The lowest BCUT2D eigenvalue weighted by molar-refractivity contribution is 0.198. The van der Waals surface area contributed by atoms with Gasteiger partial charge in [-0.3, -0.25) is 9.20 Å². The maximum Gasteiger partial charge on any atom is 0.191 e. The fourth-order valence-corrected chi connectivity index (χ4v) is 4.50. The number of hydrogen-bond acceptors (Lipinski definition) is 4. The van der Waals surface area contributed by atoms with Crippen molar-refractivity contribution in [2.24, 2.45) is 4.99 Å². The van der Waals surface area contributed by atoms with E-state index in [-0.39, 0.29) is 6.10 Å². The van der Waals surface area contributed by atoms with Gasteiger partial charge in [0.15, 0.2) is 17.5 Å². The smallest absolute Gasteiger partial charge is 0.191 e. The number of guanidine groups is 1. The second-order valence-electron chi connectivity index (χ2n) is 7.19. The summed E-state index contributed by atoms with van der Waals surface area (Å²) in [5.74, 6) is 2.73. The summed E-state index contributed by atoms with van der Waals surface area (Å²) >= 11 is 0. The Bertz CT molecular complexity index is 852. The van der Waals surface area contributed by atoms with Crippen LogP contribution in [0.4, 0.5) is 0 Å². The molecule has 0 saturated heterocycles. The maximum atomic E-state index is 12.4. The molecule has 1 fully saturated rings. The highest BCUT2D eigenvalue weighted by molar-refractivity contribution is 7.85. The van der Waals surface area contributed by atoms with E-state index in [2.05, 4.69) is 15.6 Å². The van der Waals surface area contributed by atoms with Crippen molar-refractivity contribution in [3.05, 3.63) is 54.1 Å². The summed E-state index contributed by atoms with van der Waals surface area (Å²) in [7, 11) is 2.36. The predicted molar refractivity (Wildman–Crippen MR) is 122 cm³/mol. The van der Waals surface area contributed by atoms with E-state index < -0.39 is 10.8 Å². The van der Waals surface area contributed by atoms with Gasteiger partial charge in [0.1, 0.15) is 0 Å². The van der Waals surface area contributed by atoms with Crippen LogP contribution in [0.25, 0.3) is 0 Å². The van der Waals surface area contributed by atoms with Crippen LogP contribution in [0.2, 0.25) is 0 Å². The molecule has 1 unspecified atom stereocenters. The Kier molecular flexibility index (Phi) is 8.56. The van der Waals surface area contributed by atoms with Gasteiger partial charge in [-0.05, 0) is 43.9 Å². The Morgan fingerprint density at radius 1 is 1.10 bits per heavy atom. The number of benzene rings is 2. The van der Waals surface area contributed by atoms with Crippen LogP contribution in [-0.4, -0.2) is 42.7 Å². The first kappa shape index (κ1) is 22.2. The van der Waals surface area contributed by atoms with E-state index in [9.17, 15) is 4.21 Å². The van der Waals surface area contributed by atoms with E-state index in [0.29, 0.717) is 24.8 Å². The van der Waals surface area contributed by atoms with Gasteiger partial charge in [-0.25, -0.2) is 0 Å². The molecule has 2 N–H and O–H groups in total. The van der Waals surface area contributed by atoms with Crippen molar-refractivity contribution >= 4 is 16.8 Å². The summed E-state index contributed by atoms with van der Waals surface area (Å²) in [5.41, 5.74) is 1.03. The topological polar surface area (TPSA) is 72.0 Å². The molecule has 0 heterocycles. The molecule has 1 aliphatic rings. The standard InChI is InChI=1S/C23H31N3O3S/c1-24-23(25-15-16-30(27)20-12-4-3-5-13-20)26-17-18-9-8-14-21(28-2)22(18)29-19-10-6-7-11-19/h3-5,8-9,12-14,19H,6-7,10-11,15-17H2,1-2H3,(H2,24,25,26). The van der Waals surface area contributed by atoms with Gasteiger partial charge in [0.05, 0.1) is 24.0 Å². The molecule has 0 radical (unpaired) electrons. The number of nitrogens with one attached hydrogen (secondary N) is 2. The van der Waals surface area contributed by atoms with Crippen molar-refractivity contribution in [3.8, 4) is 11.5 Å². The third-order valence-corrected chi connectivity index (χ3v) is 6.50. The van der Waals surface area contributed by atoms with Gasteiger partial charge in [0.25, 0.3) is 0 Å². The molecule has 6 nitrogen and oxygen atoms in total. The van der Waals surface area contributed by atoms with Gasteiger partial charge >= 0.3 is 0 Å². The van der Waals surface area contributed by atoms with Gasteiger partial charge in [-0.2, -0.15) is 0 Å². The molecule has 1 atom stereocenters. The monoisotopic (exact) mass is 429 g/mol. The molecule has 2 aromatic rings. The lowest BCUT2D eigenvalue weighted by Crippen LogP contribution is -2.38. The zero-order valence-electron chi connectivity index (χ0n) is 17.7. The molecule has 0 amide bonds. The number of aliphatic imine (C=N–C) groups is 1. The molecule has 7 heteroatoms. The van der Waals surface area contributed by atoms with E-state index in [1.165, 1.54) is 12.8 Å². The van der Waals surface area contributed by atoms with Gasteiger partial charge in [0, 0.05) is 36.3 Å². The van der Waals surface area contributed by atoms with Crippen LogP contribution < -0.4 is 20.1 Å². The van der Waals surface area contributed by atoms with Gasteiger partial charge in [-0.15, -0.1) is 0 Å². The Hall–Kier alpha value is -2.54. The zero-order chi connectivity index (χ0) is 21.2. The Morgan fingerprint density at radius 3 is 2.57 bits per heavy atom. The third kappa shape index (κ3) is 6.23. The minimum atomic E-state index is -1.03. The highest BCUT2D eigenvalue weighted by Gasteiger charge is 2.20. The molecular weight excluding hydrogens is 398 g/mol. The first-order valence-corrected chi connectivity index (χ1v) is 11.7. The second kappa shape index (κ2) is 11.6. The lowest BCUT2D eigenvalue weighted by atomic mass is 10.1. The van der Waals surface area contributed by atoms with Crippen LogP contribution in [0.3, 0.4) is 0 Å².